The summed E-state index contributed by atoms with van der Waals surface area (Å²) in [6, 6.07) is -0.0764. The van der Waals surface area contributed by atoms with Crippen molar-refractivity contribution in [1.82, 2.24) is 0 Å². The van der Waals surface area contributed by atoms with Gasteiger partial charge in [-0.25, -0.2) is 4.99 Å². The Balaban J connectivity index is 2.87. The molecule has 0 aromatic heterocycles. The molecule has 0 aromatic carbocycles. The molecule has 6 N–H and O–H groups in total. The smallest absolute Gasteiger partial charge is 0.309 e. The number of nitrogens with zero attached hydrogens (tertiary/aromatic N) is 1. The lowest BCUT2D eigenvalue weighted by molar-refractivity contribution is -0.147. The first-order chi connectivity index (χ1) is 9.94. The Bertz CT molecular complexity index is 365. The summed E-state index contributed by atoms with van der Waals surface area (Å²) in [4.78, 5) is 16.3. The van der Waals surface area contributed by atoms with Gasteiger partial charge in [0.25, 0.3) is 0 Å². The van der Waals surface area contributed by atoms with Gasteiger partial charge in [0, 0.05) is 6.04 Å². The van der Waals surface area contributed by atoms with Crippen molar-refractivity contribution in [2.45, 2.75) is 58.5 Å². The topological polar surface area (TPSA) is 117 Å². The molecule has 1 rings (SSSR count). The second-order valence-electron chi connectivity index (χ2n) is 5.86. The second-order valence-corrected chi connectivity index (χ2v) is 5.86. The Morgan fingerprint density at radius 1 is 1.24 bits per heavy atom. The van der Waals surface area contributed by atoms with Gasteiger partial charge in [0.2, 0.25) is 0 Å². The highest BCUT2D eigenvalue weighted by Gasteiger charge is 2.42. The number of hydrogen-bond acceptors (Lipinski definition) is 4. The molecule has 21 heavy (non-hydrogen) atoms. The maximum absolute atomic E-state index is 12.0. The van der Waals surface area contributed by atoms with Gasteiger partial charge in [-0.05, 0) is 31.6 Å². The van der Waals surface area contributed by atoms with Crippen LogP contribution in [0.4, 0.5) is 0 Å². The third-order valence-electron chi connectivity index (χ3n) is 4.60. The first kappa shape index (κ1) is 17.8. The predicted octanol–water partition coefficient (Wildman–Crippen LogP) is 0.981. The Labute approximate surface area is 127 Å². The van der Waals surface area contributed by atoms with E-state index in [0.717, 1.165) is 12.8 Å². The van der Waals surface area contributed by atoms with Crippen molar-refractivity contribution >= 4 is 11.9 Å². The van der Waals surface area contributed by atoms with Gasteiger partial charge >= 0.3 is 5.97 Å². The summed E-state index contributed by atoms with van der Waals surface area (Å²) in [7, 11) is 0. The molecule has 0 aliphatic heterocycles. The van der Waals surface area contributed by atoms with Gasteiger partial charge in [0.1, 0.15) is 0 Å². The van der Waals surface area contributed by atoms with Gasteiger partial charge in [-0.3, -0.25) is 4.79 Å². The van der Waals surface area contributed by atoms with Crippen LogP contribution >= 0.6 is 0 Å². The van der Waals surface area contributed by atoms with Gasteiger partial charge in [-0.1, -0.05) is 26.7 Å². The van der Waals surface area contributed by atoms with E-state index < -0.39 is 0 Å². The van der Waals surface area contributed by atoms with E-state index in [1.807, 2.05) is 6.92 Å². The zero-order valence-corrected chi connectivity index (χ0v) is 13.4. The van der Waals surface area contributed by atoms with Crippen molar-refractivity contribution < 1.29 is 9.53 Å². The lowest BCUT2D eigenvalue weighted by atomic mass is 9.82. The molecule has 0 radical (unpaired) electrons. The van der Waals surface area contributed by atoms with E-state index in [2.05, 4.69) is 18.8 Å². The van der Waals surface area contributed by atoms with E-state index in [4.69, 9.17) is 21.9 Å². The first-order valence-corrected chi connectivity index (χ1v) is 7.95. The van der Waals surface area contributed by atoms with Crippen LogP contribution < -0.4 is 17.2 Å². The van der Waals surface area contributed by atoms with E-state index in [-0.39, 0.29) is 35.8 Å². The molecular formula is C15H30N4O2. The molecular weight excluding hydrogens is 268 g/mol. The summed E-state index contributed by atoms with van der Waals surface area (Å²) in [5, 5.41) is 0. The minimum absolute atomic E-state index is 0.00697. The molecule has 0 amide bonds. The molecule has 6 heteroatoms. The third-order valence-corrected chi connectivity index (χ3v) is 4.60. The molecule has 0 aromatic rings. The molecule has 0 heterocycles. The SMILES string of the molecule is CCOC(=O)[C@H]1C[C@@H](N=C(N)N)[C@H](C(N)C(CC)CC)C1. The van der Waals surface area contributed by atoms with Gasteiger partial charge < -0.3 is 21.9 Å². The largest absolute Gasteiger partial charge is 0.466 e. The van der Waals surface area contributed by atoms with Crippen molar-refractivity contribution in [3.05, 3.63) is 0 Å². The highest BCUT2D eigenvalue weighted by atomic mass is 16.5. The fourth-order valence-corrected chi connectivity index (χ4v) is 3.44. The van der Waals surface area contributed by atoms with Crippen LogP contribution in [0, 0.1) is 17.8 Å². The van der Waals surface area contributed by atoms with Crippen molar-refractivity contribution in [1.29, 1.82) is 0 Å². The third kappa shape index (κ3) is 4.59. The molecule has 1 aliphatic rings. The van der Waals surface area contributed by atoms with Crippen LogP contribution in [0.5, 0.6) is 0 Å². The molecule has 6 nitrogen and oxygen atoms in total. The number of esters is 1. The summed E-state index contributed by atoms with van der Waals surface area (Å²) in [5.74, 6) is 0.307. The number of guanidine groups is 1. The Hall–Kier alpha value is -1.30. The quantitative estimate of drug-likeness (QED) is 0.368. The van der Waals surface area contributed by atoms with Gasteiger partial charge in [-0.2, -0.15) is 0 Å². The van der Waals surface area contributed by atoms with Crippen LogP contribution in [-0.2, 0) is 9.53 Å². The normalized spacial score (nSPS) is 26.6. The van der Waals surface area contributed by atoms with Crippen LogP contribution in [0.1, 0.15) is 46.5 Å². The highest BCUT2D eigenvalue weighted by Crippen LogP contribution is 2.38. The van der Waals surface area contributed by atoms with Crippen LogP contribution in [0.15, 0.2) is 4.99 Å². The van der Waals surface area contributed by atoms with Crippen molar-refractivity contribution in [3.8, 4) is 0 Å². The zero-order valence-electron chi connectivity index (χ0n) is 13.4. The van der Waals surface area contributed by atoms with Crippen molar-refractivity contribution in [2.24, 2.45) is 39.9 Å². The Morgan fingerprint density at radius 3 is 2.33 bits per heavy atom. The monoisotopic (exact) mass is 298 g/mol. The number of carbonyl (C=O) groups excluding carboxylic acids is 1. The minimum Gasteiger partial charge on any atom is -0.466 e. The highest BCUT2D eigenvalue weighted by molar-refractivity contribution is 5.76. The fraction of sp³-hybridized carbons (Fsp3) is 0.867. The molecule has 0 bridgehead atoms. The van der Waals surface area contributed by atoms with E-state index in [9.17, 15) is 4.79 Å². The first-order valence-electron chi connectivity index (χ1n) is 7.95. The second kappa shape index (κ2) is 8.22. The van der Waals surface area contributed by atoms with E-state index in [0.29, 0.717) is 25.4 Å². The standard InChI is InChI=1S/C15H30N4O2/c1-4-9(5-2)13(16)11-7-10(14(20)21-6-3)8-12(11)19-15(17)18/h9-13H,4-8,16H2,1-3H3,(H4,17,18,19)/t10-,11-,12-,13?/m1/s1. The number of hydrogen-bond donors (Lipinski definition) is 3. The van der Waals surface area contributed by atoms with Crippen LogP contribution in [0.25, 0.3) is 0 Å². The van der Waals surface area contributed by atoms with Crippen molar-refractivity contribution in [3.63, 3.8) is 0 Å². The fourth-order valence-electron chi connectivity index (χ4n) is 3.44. The Morgan fingerprint density at radius 2 is 1.86 bits per heavy atom. The van der Waals surface area contributed by atoms with Crippen molar-refractivity contribution in [2.75, 3.05) is 6.61 Å². The molecule has 4 atom stereocenters. The number of ether oxygens (including phenoxy) is 1. The lowest BCUT2D eigenvalue weighted by Gasteiger charge is -2.29. The molecule has 122 valence electrons. The number of carbonyl (C=O) groups is 1. The minimum atomic E-state index is -0.160. The van der Waals surface area contributed by atoms with Crippen LogP contribution in [0.3, 0.4) is 0 Å². The summed E-state index contributed by atoms with van der Waals surface area (Å²) in [5.41, 5.74) is 17.5. The van der Waals surface area contributed by atoms with Gasteiger partial charge in [-0.15, -0.1) is 0 Å². The average Bonchev–Trinajstić information content (AvgIpc) is 2.83. The van der Waals surface area contributed by atoms with E-state index >= 15 is 0 Å². The molecule has 1 unspecified atom stereocenters. The molecule has 1 fully saturated rings. The summed E-state index contributed by atoms with van der Waals surface area (Å²) in [6.45, 7) is 6.49. The van der Waals surface area contributed by atoms with Gasteiger partial charge in [0.15, 0.2) is 5.96 Å². The summed E-state index contributed by atoms with van der Waals surface area (Å²) >= 11 is 0. The maximum Gasteiger partial charge on any atom is 0.309 e. The van der Waals surface area contributed by atoms with Crippen LogP contribution in [-0.4, -0.2) is 30.6 Å². The predicted molar refractivity (Wildman–Crippen MR) is 84.5 cm³/mol. The number of nitrogens with two attached hydrogens (primary N) is 3. The molecule has 1 saturated carbocycles. The molecule has 0 spiro atoms. The van der Waals surface area contributed by atoms with Crippen LogP contribution in [0.2, 0.25) is 0 Å². The molecule has 0 saturated heterocycles. The van der Waals surface area contributed by atoms with Gasteiger partial charge in [0.05, 0.1) is 18.6 Å². The van der Waals surface area contributed by atoms with E-state index in [1.165, 1.54) is 0 Å². The zero-order chi connectivity index (χ0) is 16.0. The molecule has 1 aliphatic carbocycles. The summed E-state index contributed by atoms with van der Waals surface area (Å²) in [6.07, 6.45) is 3.37. The maximum atomic E-state index is 12.0. The average molecular weight is 298 g/mol. The number of aliphatic imine (C=N–C) groups is 1. The lowest BCUT2D eigenvalue weighted by Crippen LogP contribution is -2.41. The Kier molecular flexibility index (Phi) is 6.95. The number of rotatable bonds is 7. The van der Waals surface area contributed by atoms with E-state index in [1.54, 1.807) is 0 Å². The summed E-state index contributed by atoms with van der Waals surface area (Å²) < 4.78 is 5.13.